The smallest absolute Gasteiger partial charge is 0.236 e. The van der Waals surface area contributed by atoms with Gasteiger partial charge in [0.15, 0.2) is 0 Å². The van der Waals surface area contributed by atoms with Crippen LogP contribution in [0.1, 0.15) is 50.8 Å². The highest BCUT2D eigenvalue weighted by Crippen LogP contribution is 2.29. The van der Waals surface area contributed by atoms with Crippen LogP contribution in [0.15, 0.2) is 12.1 Å². The summed E-state index contributed by atoms with van der Waals surface area (Å²) in [7, 11) is 1.69. The Morgan fingerprint density at radius 1 is 1.30 bits per heavy atom. The number of hydrogen-bond acceptors (Lipinski definition) is 3. The first-order valence-corrected chi connectivity index (χ1v) is 8.10. The summed E-state index contributed by atoms with van der Waals surface area (Å²) in [6.07, 6.45) is 0.858. The third-order valence-corrected chi connectivity index (χ3v) is 4.70. The molecule has 0 saturated carbocycles. The van der Waals surface area contributed by atoms with Crippen LogP contribution in [-0.2, 0) is 16.8 Å². The lowest BCUT2D eigenvalue weighted by molar-refractivity contribution is -0.123. The van der Waals surface area contributed by atoms with Gasteiger partial charge in [-0.05, 0) is 29.9 Å². The van der Waals surface area contributed by atoms with E-state index in [9.17, 15) is 4.79 Å². The second kappa shape index (κ2) is 7.23. The van der Waals surface area contributed by atoms with Gasteiger partial charge in [-0.1, -0.05) is 34.6 Å². The molecule has 0 bridgehead atoms. The topological polar surface area (TPSA) is 41.1 Å². The van der Waals surface area contributed by atoms with E-state index >= 15 is 0 Å². The fraction of sp³-hybridized carbons (Fsp3) is 0.688. The van der Waals surface area contributed by atoms with Gasteiger partial charge in [-0.15, -0.1) is 11.3 Å². The highest BCUT2D eigenvalue weighted by atomic mass is 32.1. The summed E-state index contributed by atoms with van der Waals surface area (Å²) in [5.74, 6) is 0.574. The fourth-order valence-electron chi connectivity index (χ4n) is 2.03. The quantitative estimate of drug-likeness (QED) is 0.845. The Hall–Kier alpha value is -0.870. The van der Waals surface area contributed by atoms with Crippen LogP contribution in [0.3, 0.4) is 0 Å². The van der Waals surface area contributed by atoms with Crippen LogP contribution < -0.4 is 10.6 Å². The molecule has 0 aliphatic carbocycles. The van der Waals surface area contributed by atoms with E-state index < -0.39 is 0 Å². The fourth-order valence-corrected chi connectivity index (χ4v) is 3.04. The van der Waals surface area contributed by atoms with Crippen molar-refractivity contribution in [2.24, 2.45) is 5.92 Å². The summed E-state index contributed by atoms with van der Waals surface area (Å²) < 4.78 is 0. The molecular formula is C16H28N2OS. The molecule has 4 heteroatoms. The van der Waals surface area contributed by atoms with Gasteiger partial charge in [0.05, 0.1) is 6.04 Å². The molecule has 0 aromatic carbocycles. The Balaban J connectivity index is 2.63. The lowest BCUT2D eigenvalue weighted by Crippen LogP contribution is -2.43. The molecule has 2 N–H and O–H groups in total. The molecule has 1 amide bonds. The van der Waals surface area contributed by atoms with E-state index in [0.717, 1.165) is 13.0 Å². The van der Waals surface area contributed by atoms with Gasteiger partial charge >= 0.3 is 0 Å². The third-order valence-electron chi connectivity index (χ3n) is 3.19. The Morgan fingerprint density at radius 2 is 1.95 bits per heavy atom. The predicted molar refractivity (Wildman–Crippen MR) is 87.2 cm³/mol. The van der Waals surface area contributed by atoms with E-state index in [1.807, 2.05) is 11.3 Å². The first-order chi connectivity index (χ1) is 9.24. The van der Waals surface area contributed by atoms with E-state index in [2.05, 4.69) is 57.4 Å². The molecule has 1 atom stereocenters. The van der Waals surface area contributed by atoms with Crippen molar-refractivity contribution < 1.29 is 4.79 Å². The zero-order valence-electron chi connectivity index (χ0n) is 13.5. The monoisotopic (exact) mass is 296 g/mol. The zero-order valence-corrected chi connectivity index (χ0v) is 14.4. The van der Waals surface area contributed by atoms with Crippen molar-refractivity contribution in [2.45, 2.75) is 59.0 Å². The first-order valence-electron chi connectivity index (χ1n) is 7.28. The van der Waals surface area contributed by atoms with Crippen molar-refractivity contribution in [1.29, 1.82) is 0 Å². The van der Waals surface area contributed by atoms with Gasteiger partial charge in [-0.25, -0.2) is 0 Å². The lowest BCUT2D eigenvalue weighted by atomic mass is 9.95. The number of carbonyl (C=O) groups is 1. The predicted octanol–water partition coefficient (Wildman–Crippen LogP) is 3.30. The molecule has 1 aromatic heterocycles. The molecule has 1 rings (SSSR count). The number of hydrogen-bond donors (Lipinski definition) is 2. The van der Waals surface area contributed by atoms with Crippen LogP contribution in [0.4, 0.5) is 0 Å². The minimum absolute atomic E-state index is 0.0753. The van der Waals surface area contributed by atoms with Crippen molar-refractivity contribution in [3.63, 3.8) is 0 Å². The average Bonchev–Trinajstić information content (AvgIpc) is 2.81. The maximum Gasteiger partial charge on any atom is 0.236 e. The van der Waals surface area contributed by atoms with Crippen molar-refractivity contribution >= 4 is 17.2 Å². The highest BCUT2D eigenvalue weighted by molar-refractivity contribution is 7.12. The van der Waals surface area contributed by atoms with Crippen LogP contribution in [0, 0.1) is 5.92 Å². The summed E-state index contributed by atoms with van der Waals surface area (Å²) in [5, 5.41) is 6.12. The summed E-state index contributed by atoms with van der Waals surface area (Å²) in [4.78, 5) is 14.5. The first kappa shape index (κ1) is 17.2. The number of amides is 1. The van der Waals surface area contributed by atoms with Gasteiger partial charge < -0.3 is 10.6 Å². The van der Waals surface area contributed by atoms with E-state index in [-0.39, 0.29) is 17.4 Å². The van der Waals surface area contributed by atoms with Crippen LogP contribution in [0.5, 0.6) is 0 Å². The van der Waals surface area contributed by atoms with Gasteiger partial charge in [0.25, 0.3) is 0 Å². The van der Waals surface area contributed by atoms with Crippen molar-refractivity contribution in [3.8, 4) is 0 Å². The lowest BCUT2D eigenvalue weighted by Gasteiger charge is -2.19. The Kier molecular flexibility index (Phi) is 6.21. The van der Waals surface area contributed by atoms with Gasteiger partial charge in [0.2, 0.25) is 5.91 Å². The van der Waals surface area contributed by atoms with Crippen LogP contribution in [-0.4, -0.2) is 19.0 Å². The number of rotatable bonds is 6. The molecule has 0 saturated heterocycles. The van der Waals surface area contributed by atoms with Crippen LogP contribution in [0.2, 0.25) is 0 Å². The normalized spacial score (nSPS) is 13.6. The van der Waals surface area contributed by atoms with Gasteiger partial charge in [-0.3, -0.25) is 4.79 Å². The maximum absolute atomic E-state index is 11.9. The molecule has 1 unspecified atom stereocenters. The Labute approximate surface area is 127 Å². The van der Waals surface area contributed by atoms with Gasteiger partial charge in [-0.2, -0.15) is 0 Å². The largest absolute Gasteiger partial charge is 0.358 e. The van der Waals surface area contributed by atoms with Gasteiger partial charge in [0, 0.05) is 23.3 Å². The number of carbonyl (C=O) groups excluding carboxylic acids is 1. The minimum atomic E-state index is -0.111. The van der Waals surface area contributed by atoms with E-state index in [0.29, 0.717) is 5.92 Å². The highest BCUT2D eigenvalue weighted by Gasteiger charge is 2.19. The second-order valence-corrected chi connectivity index (χ2v) is 7.86. The zero-order chi connectivity index (χ0) is 15.3. The van der Waals surface area contributed by atoms with Crippen molar-refractivity contribution in [3.05, 3.63) is 21.9 Å². The summed E-state index contributed by atoms with van der Waals surface area (Å²) in [6, 6.07) is 4.24. The molecule has 1 aromatic rings. The van der Waals surface area contributed by atoms with Gasteiger partial charge in [0.1, 0.15) is 0 Å². The average molecular weight is 296 g/mol. The molecule has 0 fully saturated rings. The summed E-state index contributed by atoms with van der Waals surface area (Å²) in [6.45, 7) is 11.7. The summed E-state index contributed by atoms with van der Waals surface area (Å²) in [5.41, 5.74) is 0.195. The molecule has 0 aliphatic rings. The minimum Gasteiger partial charge on any atom is -0.358 e. The standard InChI is InChI=1S/C16H28N2OS/c1-11(2)9-13(15(19)17-6)18-10-12-7-8-14(20-12)16(3,4)5/h7-8,11,13,18H,9-10H2,1-6H3,(H,17,19). The molecule has 20 heavy (non-hydrogen) atoms. The Morgan fingerprint density at radius 3 is 2.40 bits per heavy atom. The molecule has 0 aliphatic heterocycles. The van der Waals surface area contributed by atoms with Crippen LogP contribution >= 0.6 is 11.3 Å². The molecule has 1 heterocycles. The third kappa shape index (κ3) is 5.25. The number of nitrogens with one attached hydrogen (secondary N) is 2. The maximum atomic E-state index is 11.9. The number of thiophene rings is 1. The van der Waals surface area contributed by atoms with E-state index in [1.165, 1.54) is 9.75 Å². The van der Waals surface area contributed by atoms with Crippen molar-refractivity contribution in [1.82, 2.24) is 10.6 Å². The Bertz CT molecular complexity index is 432. The van der Waals surface area contributed by atoms with Crippen molar-refractivity contribution in [2.75, 3.05) is 7.05 Å². The second-order valence-electron chi connectivity index (χ2n) is 6.69. The molecule has 0 radical (unpaired) electrons. The number of likely N-dealkylation sites (N-methyl/N-ethyl adjacent to an activating group) is 1. The van der Waals surface area contributed by atoms with Crippen LogP contribution in [0.25, 0.3) is 0 Å². The summed E-state index contributed by atoms with van der Waals surface area (Å²) >= 11 is 1.83. The molecule has 3 nitrogen and oxygen atoms in total. The van der Waals surface area contributed by atoms with E-state index in [4.69, 9.17) is 0 Å². The SMILES string of the molecule is CNC(=O)C(CC(C)C)NCc1ccc(C(C)(C)C)s1. The molecular weight excluding hydrogens is 268 g/mol. The molecule has 0 spiro atoms. The van der Waals surface area contributed by atoms with E-state index in [1.54, 1.807) is 7.05 Å². The molecule has 114 valence electrons.